The van der Waals surface area contributed by atoms with Gasteiger partial charge in [0.2, 0.25) is 11.5 Å². The van der Waals surface area contributed by atoms with Gasteiger partial charge < -0.3 is 33.3 Å². The number of carbonyl (C=O) groups is 2. The van der Waals surface area contributed by atoms with Gasteiger partial charge in [0.1, 0.15) is 38.1 Å². The number of methoxy groups -OCH3 is 1. The van der Waals surface area contributed by atoms with Crippen LogP contribution in [0.15, 0.2) is 54.5 Å². The molecule has 1 saturated carbocycles. The molecule has 0 aromatic heterocycles. The second-order valence-electron chi connectivity index (χ2n) is 9.30. The van der Waals surface area contributed by atoms with Crippen LogP contribution < -0.4 is 19.1 Å². The molecule has 6 rings (SSSR count). The number of nitrogens with zero attached hydrogens (tertiary/aromatic N) is 1. The Morgan fingerprint density at radius 1 is 1.03 bits per heavy atom. The fourth-order valence-electron chi connectivity index (χ4n) is 5.40. The number of hydrogen-bond donors (Lipinski definition) is 0. The molecule has 4 unspecified atom stereocenters. The van der Waals surface area contributed by atoms with E-state index in [2.05, 4.69) is 4.90 Å². The molecule has 36 heavy (non-hydrogen) atoms. The Hall–Kier alpha value is -3.72. The Bertz CT molecular complexity index is 1190. The van der Waals surface area contributed by atoms with Crippen LogP contribution in [0, 0.1) is 11.8 Å². The molecule has 188 valence electrons. The third-order valence-electron chi connectivity index (χ3n) is 7.24. The van der Waals surface area contributed by atoms with Gasteiger partial charge in [-0.3, -0.25) is 4.79 Å². The highest BCUT2D eigenvalue weighted by Gasteiger charge is 2.49. The lowest BCUT2D eigenvalue weighted by Crippen LogP contribution is -2.57. The number of hydrogen-bond acceptors (Lipinski definition) is 9. The molecule has 3 heterocycles. The molecule has 1 aliphatic carbocycles. The van der Waals surface area contributed by atoms with Gasteiger partial charge in [0, 0.05) is 24.2 Å². The van der Waals surface area contributed by atoms with Crippen molar-refractivity contribution in [3.05, 3.63) is 60.0 Å². The molecule has 2 aromatic rings. The first-order valence-electron chi connectivity index (χ1n) is 12.1. The van der Waals surface area contributed by atoms with Crippen LogP contribution in [0.5, 0.6) is 17.2 Å². The van der Waals surface area contributed by atoms with Gasteiger partial charge in [-0.15, -0.1) is 0 Å². The quantitative estimate of drug-likeness (QED) is 0.595. The lowest BCUT2D eigenvalue weighted by Gasteiger charge is -2.48. The normalized spacial score (nSPS) is 26.6. The predicted octanol–water partition coefficient (Wildman–Crippen LogP) is 3.32. The zero-order chi connectivity index (χ0) is 24.6. The van der Waals surface area contributed by atoms with Gasteiger partial charge in [-0.1, -0.05) is 0 Å². The van der Waals surface area contributed by atoms with Crippen LogP contribution >= 0.6 is 0 Å². The Morgan fingerprint density at radius 3 is 2.64 bits per heavy atom. The molecule has 0 N–H and O–H groups in total. The van der Waals surface area contributed by atoms with Crippen molar-refractivity contribution in [2.75, 3.05) is 38.5 Å². The van der Waals surface area contributed by atoms with Crippen molar-refractivity contribution < 1.29 is 38.0 Å². The minimum Gasteiger partial charge on any atom is -0.493 e. The number of benzene rings is 2. The molecule has 0 radical (unpaired) electrons. The summed E-state index contributed by atoms with van der Waals surface area (Å²) in [4.78, 5) is 27.1. The zero-order valence-electron chi connectivity index (χ0n) is 19.9. The highest BCUT2D eigenvalue weighted by atomic mass is 16.6. The maximum absolute atomic E-state index is 13.3. The van der Waals surface area contributed by atoms with Crippen molar-refractivity contribution in [1.82, 2.24) is 0 Å². The Morgan fingerprint density at radius 2 is 1.83 bits per heavy atom. The van der Waals surface area contributed by atoms with E-state index in [4.69, 9.17) is 28.4 Å². The van der Waals surface area contributed by atoms with E-state index in [1.165, 1.54) is 13.4 Å². The zero-order valence-corrected chi connectivity index (χ0v) is 19.9. The van der Waals surface area contributed by atoms with Gasteiger partial charge in [-0.25, -0.2) is 4.79 Å². The summed E-state index contributed by atoms with van der Waals surface area (Å²) in [7, 11) is 1.33. The molecule has 4 atom stereocenters. The van der Waals surface area contributed by atoms with E-state index in [1.54, 1.807) is 24.3 Å². The number of Topliss-reactive ketones (excluding diaryl/α,β-unsaturated/α-hetero) is 1. The van der Waals surface area contributed by atoms with Gasteiger partial charge in [-0.2, -0.15) is 0 Å². The summed E-state index contributed by atoms with van der Waals surface area (Å²) in [5.74, 6) is 1.32. The molecule has 9 heteroatoms. The third-order valence-corrected chi connectivity index (χ3v) is 7.24. The summed E-state index contributed by atoms with van der Waals surface area (Å²) < 4.78 is 34.3. The maximum atomic E-state index is 13.3. The van der Waals surface area contributed by atoms with Crippen LogP contribution in [0.4, 0.5) is 5.69 Å². The van der Waals surface area contributed by atoms with Crippen molar-refractivity contribution in [1.29, 1.82) is 0 Å². The number of ketones is 1. The second kappa shape index (κ2) is 9.39. The fraction of sp³-hybridized carbons (Fsp3) is 0.407. The number of fused-ring (bicyclic) bond motifs is 4. The molecule has 0 spiro atoms. The van der Waals surface area contributed by atoms with Crippen molar-refractivity contribution in [2.24, 2.45) is 11.8 Å². The first-order chi connectivity index (χ1) is 17.6. The van der Waals surface area contributed by atoms with Crippen molar-refractivity contribution in [3.8, 4) is 17.2 Å². The standard InChI is InChI=1S/C27H27NO8/c1-31-27(30)16-2-5-18(6-3-16)36-24-14-34-26-19(25(24)29)7-9-21-20(26)13-28(15-35-21)17-4-8-22-23(12-17)33-11-10-32-22/h2-6,8,12,14,19-21,26H,7,9-11,13,15H2,1H3. The number of ether oxygens (including phenoxy) is 6. The minimum absolute atomic E-state index is 0.0341. The summed E-state index contributed by atoms with van der Waals surface area (Å²) in [5, 5.41) is 0. The molecule has 4 aliphatic rings. The lowest BCUT2D eigenvalue weighted by molar-refractivity contribution is -0.146. The number of esters is 1. The van der Waals surface area contributed by atoms with Gasteiger partial charge in [-0.05, 0) is 49.2 Å². The topological polar surface area (TPSA) is 92.8 Å². The van der Waals surface area contributed by atoms with Crippen LogP contribution in [0.25, 0.3) is 0 Å². The van der Waals surface area contributed by atoms with Crippen LogP contribution in [0.2, 0.25) is 0 Å². The molecule has 2 fully saturated rings. The van der Waals surface area contributed by atoms with Gasteiger partial charge in [0.05, 0.1) is 24.7 Å². The average Bonchev–Trinajstić information content (AvgIpc) is 2.93. The molecule has 3 aliphatic heterocycles. The molecule has 0 bridgehead atoms. The van der Waals surface area contributed by atoms with Gasteiger partial charge in [0.25, 0.3) is 0 Å². The highest BCUT2D eigenvalue weighted by Crippen LogP contribution is 2.42. The molecular weight excluding hydrogens is 466 g/mol. The van der Waals surface area contributed by atoms with Crippen molar-refractivity contribution in [2.45, 2.75) is 25.0 Å². The summed E-state index contributed by atoms with van der Waals surface area (Å²) in [6.45, 7) is 2.26. The smallest absolute Gasteiger partial charge is 0.337 e. The molecule has 9 nitrogen and oxygen atoms in total. The van der Waals surface area contributed by atoms with E-state index in [-0.39, 0.29) is 35.6 Å². The van der Waals surface area contributed by atoms with Crippen LogP contribution in [-0.4, -0.2) is 57.6 Å². The Labute approximate surface area is 208 Å². The number of rotatable bonds is 4. The molecule has 1 saturated heterocycles. The first kappa shape index (κ1) is 22.7. The summed E-state index contributed by atoms with van der Waals surface area (Å²) in [6.07, 6.45) is 2.64. The van der Waals surface area contributed by atoms with E-state index < -0.39 is 5.97 Å². The van der Waals surface area contributed by atoms with Crippen molar-refractivity contribution >= 4 is 17.4 Å². The number of anilines is 1. The first-order valence-corrected chi connectivity index (χ1v) is 12.1. The SMILES string of the molecule is COC(=O)c1ccc(OC2=COC3C(CCC4OCN(c5ccc6c(c5)OCCO6)CC43)C2=O)cc1. The average molecular weight is 494 g/mol. The van der Waals surface area contributed by atoms with E-state index in [0.29, 0.717) is 44.2 Å². The van der Waals surface area contributed by atoms with Gasteiger partial charge in [0.15, 0.2) is 11.5 Å². The Kier molecular flexibility index (Phi) is 5.92. The van der Waals surface area contributed by atoms with Crippen LogP contribution in [-0.2, 0) is 19.0 Å². The van der Waals surface area contributed by atoms with E-state index >= 15 is 0 Å². The van der Waals surface area contributed by atoms with Crippen molar-refractivity contribution in [3.63, 3.8) is 0 Å². The second-order valence-corrected chi connectivity index (χ2v) is 9.30. The lowest BCUT2D eigenvalue weighted by atomic mass is 9.73. The van der Waals surface area contributed by atoms with E-state index in [1.807, 2.05) is 18.2 Å². The Balaban J connectivity index is 1.16. The van der Waals surface area contributed by atoms with Crippen LogP contribution in [0.1, 0.15) is 23.2 Å². The fourth-order valence-corrected chi connectivity index (χ4v) is 5.40. The number of carbonyl (C=O) groups excluding carboxylic acids is 2. The monoisotopic (exact) mass is 493 g/mol. The van der Waals surface area contributed by atoms with Crippen LogP contribution in [0.3, 0.4) is 0 Å². The number of allylic oxidation sites excluding steroid dienone is 1. The van der Waals surface area contributed by atoms with Gasteiger partial charge >= 0.3 is 5.97 Å². The summed E-state index contributed by atoms with van der Waals surface area (Å²) in [6, 6.07) is 12.3. The molecular formula is C27H27NO8. The summed E-state index contributed by atoms with van der Waals surface area (Å²) >= 11 is 0. The molecule has 0 amide bonds. The minimum atomic E-state index is -0.433. The highest BCUT2D eigenvalue weighted by molar-refractivity contribution is 5.96. The predicted molar refractivity (Wildman–Crippen MR) is 127 cm³/mol. The third kappa shape index (κ3) is 4.13. The molecule has 2 aromatic carbocycles. The maximum Gasteiger partial charge on any atom is 0.337 e. The van der Waals surface area contributed by atoms with E-state index in [0.717, 1.165) is 23.6 Å². The largest absolute Gasteiger partial charge is 0.493 e. The summed E-state index contributed by atoms with van der Waals surface area (Å²) in [5.41, 5.74) is 1.39. The van der Waals surface area contributed by atoms with E-state index in [9.17, 15) is 9.59 Å².